The summed E-state index contributed by atoms with van der Waals surface area (Å²) < 4.78 is 14.2. The van der Waals surface area contributed by atoms with Gasteiger partial charge in [-0.2, -0.15) is 9.49 Å². The van der Waals surface area contributed by atoms with Crippen LogP contribution in [-0.4, -0.2) is 45.6 Å². The lowest BCUT2D eigenvalue weighted by Crippen LogP contribution is -2.27. The van der Waals surface area contributed by atoms with E-state index >= 15 is 0 Å². The molecule has 2 aromatic rings. The smallest absolute Gasteiger partial charge is 0.219 e. The van der Waals surface area contributed by atoms with Gasteiger partial charge in [-0.25, -0.2) is 4.98 Å². The summed E-state index contributed by atoms with van der Waals surface area (Å²) in [6.07, 6.45) is 3.96. The Morgan fingerprint density at radius 1 is 1.43 bits per heavy atom. The third kappa shape index (κ3) is 3.88. The molecule has 1 saturated heterocycles. The van der Waals surface area contributed by atoms with E-state index in [4.69, 9.17) is 0 Å². The van der Waals surface area contributed by atoms with Gasteiger partial charge < -0.3 is 10.2 Å². The zero-order valence-corrected chi connectivity index (χ0v) is 16.8. The molecule has 6 nitrogen and oxygen atoms in total. The van der Waals surface area contributed by atoms with Crippen LogP contribution in [0.3, 0.4) is 0 Å². The topological polar surface area (TPSA) is 73.9 Å². The van der Waals surface area contributed by atoms with Crippen molar-refractivity contribution in [2.75, 3.05) is 25.0 Å². The highest BCUT2D eigenvalue weighted by atomic mass is 19.1. The molecule has 2 aliphatic rings. The zero-order valence-electron chi connectivity index (χ0n) is 16.8. The number of carbonyl (C=O) groups is 1. The lowest BCUT2D eigenvalue weighted by molar-refractivity contribution is -0.127. The van der Waals surface area contributed by atoms with Crippen LogP contribution >= 0.6 is 0 Å². The molecule has 0 spiro atoms. The van der Waals surface area contributed by atoms with Crippen LogP contribution in [0.15, 0.2) is 12.1 Å². The fourth-order valence-corrected chi connectivity index (χ4v) is 4.34. The number of likely N-dealkylation sites (tertiary alicyclic amines) is 1. The van der Waals surface area contributed by atoms with E-state index < -0.39 is 5.95 Å². The van der Waals surface area contributed by atoms with Crippen molar-refractivity contribution < 1.29 is 9.18 Å². The average molecular weight is 385 g/mol. The second-order valence-electron chi connectivity index (χ2n) is 8.93. The van der Waals surface area contributed by atoms with Crippen molar-refractivity contribution in [2.24, 2.45) is 11.3 Å². The molecule has 28 heavy (non-hydrogen) atoms. The van der Waals surface area contributed by atoms with Crippen molar-refractivity contribution in [1.82, 2.24) is 20.1 Å². The number of carbonyl (C=O) groups excluding carboxylic acids is 1. The number of aromatic nitrogens is 3. The average Bonchev–Trinajstić information content (AvgIpc) is 3.25. The monoisotopic (exact) mass is 385 g/mol. The fraction of sp³-hybridized carbons (Fsp3) is 0.571. The van der Waals surface area contributed by atoms with E-state index in [0.717, 1.165) is 55.7 Å². The highest BCUT2D eigenvalue weighted by Gasteiger charge is 2.29. The number of nitrogens with one attached hydrogen (secondary N) is 2. The summed E-state index contributed by atoms with van der Waals surface area (Å²) in [5, 5.41) is 10.9. The standard InChI is InChI=1S/C21H28FN5O/c1-13(28)27-7-5-14(12-27)11-23-19-9-15(8-18(22)24-19)20-16-4-6-21(2,3)10-17(16)25-26-20/h8-9,14H,4-7,10-12H2,1-3H3,(H,23,24)(H,25,26). The Morgan fingerprint density at radius 3 is 3.00 bits per heavy atom. The highest BCUT2D eigenvalue weighted by Crippen LogP contribution is 2.38. The van der Waals surface area contributed by atoms with E-state index in [9.17, 15) is 9.18 Å². The molecule has 1 fully saturated rings. The summed E-state index contributed by atoms with van der Waals surface area (Å²) in [5.74, 6) is 0.479. The van der Waals surface area contributed by atoms with Crippen LogP contribution in [0.2, 0.25) is 0 Å². The first kappa shape index (κ1) is 18.9. The SMILES string of the molecule is CC(=O)N1CCC(CNc2cc(-c3n[nH]c4c3CCC(C)(C)C4)cc(F)n2)C1. The summed E-state index contributed by atoms with van der Waals surface area (Å²) in [7, 11) is 0. The first-order chi connectivity index (χ1) is 13.3. The molecule has 2 aromatic heterocycles. The molecule has 1 unspecified atom stereocenters. The van der Waals surface area contributed by atoms with Crippen LogP contribution in [0.4, 0.5) is 10.2 Å². The molecular formula is C21H28FN5O. The molecule has 3 heterocycles. The molecule has 0 radical (unpaired) electrons. The Kier molecular flexibility index (Phi) is 4.85. The summed E-state index contributed by atoms with van der Waals surface area (Å²) in [6.45, 7) is 8.34. The third-order valence-electron chi connectivity index (χ3n) is 6.03. The minimum absolute atomic E-state index is 0.111. The van der Waals surface area contributed by atoms with E-state index in [1.807, 2.05) is 11.0 Å². The molecular weight excluding hydrogens is 357 g/mol. The van der Waals surface area contributed by atoms with Gasteiger partial charge in [-0.15, -0.1) is 0 Å². The van der Waals surface area contributed by atoms with Crippen molar-refractivity contribution in [3.63, 3.8) is 0 Å². The van der Waals surface area contributed by atoms with Crippen LogP contribution in [0, 0.1) is 17.3 Å². The van der Waals surface area contributed by atoms with E-state index in [2.05, 4.69) is 34.3 Å². The highest BCUT2D eigenvalue weighted by molar-refractivity contribution is 5.73. The molecule has 0 saturated carbocycles. The molecule has 150 valence electrons. The Bertz CT molecular complexity index is 891. The van der Waals surface area contributed by atoms with E-state index in [1.54, 1.807) is 6.92 Å². The quantitative estimate of drug-likeness (QED) is 0.791. The predicted molar refractivity (Wildman–Crippen MR) is 106 cm³/mol. The van der Waals surface area contributed by atoms with E-state index in [-0.39, 0.29) is 11.3 Å². The van der Waals surface area contributed by atoms with Gasteiger partial charge >= 0.3 is 0 Å². The number of amides is 1. The molecule has 0 bridgehead atoms. The second-order valence-corrected chi connectivity index (χ2v) is 8.93. The molecule has 1 atom stereocenters. The molecule has 4 rings (SSSR count). The first-order valence-corrected chi connectivity index (χ1v) is 10.0. The minimum Gasteiger partial charge on any atom is -0.370 e. The predicted octanol–water partition coefficient (Wildman–Crippen LogP) is 3.41. The number of fused-ring (bicyclic) bond motifs is 1. The van der Waals surface area contributed by atoms with Gasteiger partial charge in [-0.3, -0.25) is 9.89 Å². The normalized spacial score (nSPS) is 20.9. The number of hydrogen-bond acceptors (Lipinski definition) is 4. The Labute approximate surface area is 164 Å². The second kappa shape index (κ2) is 7.18. The molecule has 1 aliphatic carbocycles. The van der Waals surface area contributed by atoms with Crippen LogP contribution in [0.25, 0.3) is 11.3 Å². The number of halogens is 1. The van der Waals surface area contributed by atoms with Gasteiger partial charge in [0.1, 0.15) is 5.82 Å². The molecule has 7 heteroatoms. The van der Waals surface area contributed by atoms with Gasteiger partial charge in [0.2, 0.25) is 11.9 Å². The van der Waals surface area contributed by atoms with Gasteiger partial charge in [-0.1, -0.05) is 13.8 Å². The summed E-state index contributed by atoms with van der Waals surface area (Å²) >= 11 is 0. The fourth-order valence-electron chi connectivity index (χ4n) is 4.34. The first-order valence-electron chi connectivity index (χ1n) is 10.0. The number of nitrogens with zero attached hydrogens (tertiary/aromatic N) is 3. The van der Waals surface area contributed by atoms with Gasteiger partial charge in [-0.05, 0) is 43.1 Å². The van der Waals surface area contributed by atoms with Crippen LogP contribution in [0.1, 0.15) is 44.9 Å². The third-order valence-corrected chi connectivity index (χ3v) is 6.03. The van der Waals surface area contributed by atoms with Crippen molar-refractivity contribution in [3.05, 3.63) is 29.3 Å². The molecule has 0 aromatic carbocycles. The van der Waals surface area contributed by atoms with E-state index in [1.165, 1.54) is 11.6 Å². The number of rotatable bonds is 4. The maximum Gasteiger partial charge on any atom is 0.219 e. The Balaban J connectivity index is 1.49. The minimum atomic E-state index is -0.510. The Hall–Kier alpha value is -2.44. The van der Waals surface area contributed by atoms with Crippen molar-refractivity contribution in [3.8, 4) is 11.3 Å². The summed E-state index contributed by atoms with van der Waals surface area (Å²) in [5.41, 5.74) is 4.21. The van der Waals surface area contributed by atoms with Crippen LogP contribution in [-0.2, 0) is 17.6 Å². The van der Waals surface area contributed by atoms with Gasteiger partial charge in [0, 0.05) is 49.4 Å². The number of H-pyrrole nitrogens is 1. The van der Waals surface area contributed by atoms with Gasteiger partial charge in [0.15, 0.2) is 0 Å². The van der Waals surface area contributed by atoms with Crippen LogP contribution < -0.4 is 5.32 Å². The van der Waals surface area contributed by atoms with Crippen molar-refractivity contribution >= 4 is 11.7 Å². The summed E-state index contributed by atoms with van der Waals surface area (Å²) in [4.78, 5) is 17.3. The van der Waals surface area contributed by atoms with Crippen molar-refractivity contribution in [1.29, 1.82) is 0 Å². The summed E-state index contributed by atoms with van der Waals surface area (Å²) in [6, 6.07) is 3.32. The number of hydrogen-bond donors (Lipinski definition) is 2. The number of anilines is 1. The maximum absolute atomic E-state index is 14.2. The lowest BCUT2D eigenvalue weighted by Gasteiger charge is -2.29. The largest absolute Gasteiger partial charge is 0.370 e. The van der Waals surface area contributed by atoms with Gasteiger partial charge in [0.25, 0.3) is 0 Å². The van der Waals surface area contributed by atoms with Crippen molar-refractivity contribution in [2.45, 2.75) is 46.5 Å². The number of pyridine rings is 1. The Morgan fingerprint density at radius 2 is 2.25 bits per heavy atom. The van der Waals surface area contributed by atoms with Crippen LogP contribution in [0.5, 0.6) is 0 Å². The molecule has 1 amide bonds. The number of aromatic amines is 1. The molecule has 1 aliphatic heterocycles. The van der Waals surface area contributed by atoms with E-state index in [0.29, 0.717) is 18.3 Å². The molecule has 2 N–H and O–H groups in total. The lowest BCUT2D eigenvalue weighted by atomic mass is 9.76. The van der Waals surface area contributed by atoms with Gasteiger partial charge in [0.05, 0.1) is 5.69 Å². The zero-order chi connectivity index (χ0) is 19.9. The maximum atomic E-state index is 14.2.